The molecule has 4 nitrogen and oxygen atoms in total. The number of Topliss-reactive ketones (excluding diaryl/α,β-unsaturated/α-hetero) is 1. The molecule has 1 aliphatic carbocycles. The summed E-state index contributed by atoms with van der Waals surface area (Å²) in [7, 11) is 0. The van der Waals surface area contributed by atoms with E-state index in [1.807, 2.05) is 19.1 Å². The number of amides is 1. The van der Waals surface area contributed by atoms with Gasteiger partial charge in [-0.05, 0) is 78.3 Å². The fourth-order valence-electron chi connectivity index (χ4n) is 4.21. The number of phenolic OH excluding ortho intramolecular Hbond substituents is 1. The summed E-state index contributed by atoms with van der Waals surface area (Å²) in [4.78, 5) is 24.5. The van der Waals surface area contributed by atoms with Crippen molar-refractivity contribution in [2.75, 3.05) is 5.32 Å². The number of anilines is 1. The SMILES string of the molecule is CC(=O)c1ccc(NC(=O)c2cc3c(cc2O)C(C)(C)CC=C3c2ccc(C)cc2)cc1F. The van der Waals surface area contributed by atoms with Gasteiger partial charge in [0.15, 0.2) is 5.78 Å². The molecule has 0 spiro atoms. The second-order valence-corrected chi connectivity index (χ2v) is 9.19. The summed E-state index contributed by atoms with van der Waals surface area (Å²) in [5, 5.41) is 13.3. The zero-order valence-electron chi connectivity index (χ0n) is 19.1. The van der Waals surface area contributed by atoms with E-state index in [2.05, 4.69) is 37.4 Å². The Morgan fingerprint density at radius 3 is 2.33 bits per heavy atom. The van der Waals surface area contributed by atoms with Crippen LogP contribution in [-0.4, -0.2) is 16.8 Å². The number of aromatic hydroxyl groups is 1. The van der Waals surface area contributed by atoms with Gasteiger partial charge < -0.3 is 10.4 Å². The number of carbonyl (C=O) groups is 2. The number of carbonyl (C=O) groups excluding carboxylic acids is 2. The molecule has 168 valence electrons. The third kappa shape index (κ3) is 4.31. The first-order valence-electron chi connectivity index (χ1n) is 10.8. The van der Waals surface area contributed by atoms with Crippen molar-refractivity contribution in [3.8, 4) is 5.75 Å². The molecule has 0 aliphatic heterocycles. The fourth-order valence-corrected chi connectivity index (χ4v) is 4.21. The van der Waals surface area contributed by atoms with E-state index < -0.39 is 17.5 Å². The lowest BCUT2D eigenvalue weighted by atomic mass is 9.71. The quantitative estimate of drug-likeness (QED) is 0.458. The van der Waals surface area contributed by atoms with Gasteiger partial charge in [-0.25, -0.2) is 4.39 Å². The zero-order chi connectivity index (χ0) is 23.9. The van der Waals surface area contributed by atoms with Gasteiger partial charge >= 0.3 is 0 Å². The summed E-state index contributed by atoms with van der Waals surface area (Å²) in [6.45, 7) is 7.52. The van der Waals surface area contributed by atoms with Crippen molar-refractivity contribution in [3.63, 3.8) is 0 Å². The molecule has 5 heteroatoms. The van der Waals surface area contributed by atoms with Crippen LogP contribution in [0.15, 0.2) is 60.7 Å². The van der Waals surface area contributed by atoms with Crippen LogP contribution in [0.2, 0.25) is 0 Å². The highest BCUT2D eigenvalue weighted by Gasteiger charge is 2.31. The van der Waals surface area contributed by atoms with E-state index in [4.69, 9.17) is 0 Å². The number of allylic oxidation sites excluding steroid dienone is 1. The lowest BCUT2D eigenvalue weighted by molar-refractivity contribution is 0.101. The standard InChI is InChI=1S/C28H26FNO3/c1-16-5-7-18(8-6-16)21-11-12-28(3,4)24-15-26(32)23(14-22(21)24)27(33)30-19-9-10-20(17(2)31)25(29)13-19/h5-11,13-15,32H,12H2,1-4H3,(H,30,33). The molecule has 1 amide bonds. The molecule has 0 saturated carbocycles. The fraction of sp³-hybridized carbons (Fsp3) is 0.214. The largest absolute Gasteiger partial charge is 0.507 e. The first kappa shape index (κ1) is 22.5. The maximum absolute atomic E-state index is 14.2. The molecule has 0 saturated heterocycles. The van der Waals surface area contributed by atoms with Gasteiger partial charge in [0, 0.05) is 5.69 Å². The molecule has 0 unspecified atom stereocenters. The van der Waals surface area contributed by atoms with Crippen molar-refractivity contribution in [3.05, 3.63) is 99.9 Å². The van der Waals surface area contributed by atoms with Gasteiger partial charge in [-0.2, -0.15) is 0 Å². The Bertz CT molecular complexity index is 1300. The highest BCUT2D eigenvalue weighted by Crippen LogP contribution is 2.43. The average Bonchev–Trinajstić information content (AvgIpc) is 2.74. The van der Waals surface area contributed by atoms with Crippen molar-refractivity contribution in [2.45, 2.75) is 39.5 Å². The number of aryl methyl sites for hydroxylation is 1. The number of ketones is 1. The Morgan fingerprint density at radius 1 is 1.00 bits per heavy atom. The van der Waals surface area contributed by atoms with Gasteiger partial charge in [-0.1, -0.05) is 49.8 Å². The maximum Gasteiger partial charge on any atom is 0.259 e. The summed E-state index contributed by atoms with van der Waals surface area (Å²) < 4.78 is 14.2. The second-order valence-electron chi connectivity index (χ2n) is 9.19. The van der Waals surface area contributed by atoms with Crippen molar-refractivity contribution in [2.24, 2.45) is 0 Å². The lowest BCUT2D eigenvalue weighted by Gasteiger charge is -2.33. The van der Waals surface area contributed by atoms with Crippen LogP contribution in [0, 0.1) is 12.7 Å². The molecule has 0 fully saturated rings. The smallest absolute Gasteiger partial charge is 0.259 e. The number of hydrogen-bond donors (Lipinski definition) is 2. The van der Waals surface area contributed by atoms with Crippen LogP contribution >= 0.6 is 0 Å². The highest BCUT2D eigenvalue weighted by molar-refractivity contribution is 6.07. The third-order valence-corrected chi connectivity index (χ3v) is 6.19. The number of phenols is 1. The van der Waals surface area contributed by atoms with E-state index in [1.165, 1.54) is 19.1 Å². The Hall–Kier alpha value is -3.73. The van der Waals surface area contributed by atoms with Gasteiger partial charge in [0.1, 0.15) is 11.6 Å². The monoisotopic (exact) mass is 443 g/mol. The van der Waals surface area contributed by atoms with Crippen molar-refractivity contribution in [1.29, 1.82) is 0 Å². The van der Waals surface area contributed by atoms with Crippen LogP contribution in [0.25, 0.3) is 5.57 Å². The first-order chi connectivity index (χ1) is 15.6. The van der Waals surface area contributed by atoms with Gasteiger partial charge in [0.05, 0.1) is 11.1 Å². The van der Waals surface area contributed by atoms with Crippen molar-refractivity contribution in [1.82, 2.24) is 0 Å². The second kappa shape index (κ2) is 8.32. The van der Waals surface area contributed by atoms with Crippen LogP contribution in [0.4, 0.5) is 10.1 Å². The van der Waals surface area contributed by atoms with E-state index in [-0.39, 0.29) is 28.0 Å². The van der Waals surface area contributed by atoms with E-state index >= 15 is 0 Å². The predicted molar refractivity (Wildman–Crippen MR) is 128 cm³/mol. The Labute approximate surface area is 192 Å². The number of benzene rings is 3. The molecule has 0 heterocycles. The Morgan fingerprint density at radius 2 is 1.70 bits per heavy atom. The molecular formula is C28H26FNO3. The zero-order valence-corrected chi connectivity index (χ0v) is 19.1. The minimum absolute atomic E-state index is 0.0419. The molecule has 1 aliphatic rings. The first-order valence-corrected chi connectivity index (χ1v) is 10.8. The van der Waals surface area contributed by atoms with Gasteiger partial charge in [0.25, 0.3) is 5.91 Å². The maximum atomic E-state index is 14.2. The van der Waals surface area contributed by atoms with E-state index in [1.54, 1.807) is 12.1 Å². The summed E-state index contributed by atoms with van der Waals surface area (Å²) in [6.07, 6.45) is 2.97. The van der Waals surface area contributed by atoms with Gasteiger partial charge in [0.2, 0.25) is 0 Å². The lowest BCUT2D eigenvalue weighted by Crippen LogP contribution is -2.23. The van der Waals surface area contributed by atoms with Crippen molar-refractivity contribution < 1.29 is 19.1 Å². The average molecular weight is 444 g/mol. The molecule has 33 heavy (non-hydrogen) atoms. The molecule has 2 N–H and O–H groups in total. The van der Waals surface area contributed by atoms with E-state index in [0.29, 0.717) is 0 Å². The number of rotatable bonds is 4. The predicted octanol–water partition coefficient (Wildman–Crippen LogP) is 6.41. The summed E-state index contributed by atoms with van der Waals surface area (Å²) >= 11 is 0. The number of halogens is 1. The van der Waals surface area contributed by atoms with Gasteiger partial charge in [-0.15, -0.1) is 0 Å². The van der Waals surface area contributed by atoms with E-state index in [9.17, 15) is 19.1 Å². The van der Waals surface area contributed by atoms with Crippen molar-refractivity contribution >= 4 is 23.0 Å². The summed E-state index contributed by atoms with van der Waals surface area (Å²) in [5.74, 6) is -1.79. The van der Waals surface area contributed by atoms with E-state index in [0.717, 1.165) is 40.3 Å². The Balaban J connectivity index is 1.74. The molecule has 0 bridgehead atoms. The molecule has 3 aromatic carbocycles. The topological polar surface area (TPSA) is 66.4 Å². The third-order valence-electron chi connectivity index (χ3n) is 6.19. The van der Waals surface area contributed by atoms with Gasteiger partial charge in [-0.3, -0.25) is 9.59 Å². The molecule has 0 radical (unpaired) electrons. The minimum atomic E-state index is -0.707. The molecular weight excluding hydrogens is 417 g/mol. The number of nitrogens with one attached hydrogen (secondary N) is 1. The van der Waals surface area contributed by atoms with Crippen LogP contribution < -0.4 is 5.32 Å². The molecule has 3 aromatic rings. The highest BCUT2D eigenvalue weighted by atomic mass is 19.1. The molecule has 0 aromatic heterocycles. The summed E-state index contributed by atoms with van der Waals surface area (Å²) in [6, 6.07) is 15.5. The summed E-state index contributed by atoms with van der Waals surface area (Å²) in [5.41, 5.74) is 5.11. The van der Waals surface area contributed by atoms with Crippen LogP contribution in [-0.2, 0) is 5.41 Å². The molecule has 4 rings (SSSR count). The normalized spacial score (nSPS) is 14.3. The Kier molecular flexibility index (Phi) is 5.66. The minimum Gasteiger partial charge on any atom is -0.507 e. The molecule has 0 atom stereocenters. The van der Waals surface area contributed by atoms with Crippen LogP contribution in [0.5, 0.6) is 5.75 Å². The van der Waals surface area contributed by atoms with Crippen LogP contribution in [0.3, 0.4) is 0 Å². The number of hydrogen-bond acceptors (Lipinski definition) is 3. The van der Waals surface area contributed by atoms with Crippen LogP contribution in [0.1, 0.15) is 70.2 Å². The number of fused-ring (bicyclic) bond motifs is 1.